The van der Waals surface area contributed by atoms with Gasteiger partial charge in [-0.2, -0.15) is 0 Å². The number of rotatable bonds is 10. The highest BCUT2D eigenvalue weighted by Gasteiger charge is 2.07. The lowest BCUT2D eigenvalue weighted by atomic mass is 10.1. The maximum Gasteiger partial charge on any atom is 0.0593 e. The van der Waals surface area contributed by atoms with E-state index in [1.807, 2.05) is 0 Å². The number of ether oxygens (including phenoxy) is 1. The fraction of sp³-hybridized carbons (Fsp3) is 1.00. The van der Waals surface area contributed by atoms with Gasteiger partial charge in [0, 0.05) is 18.7 Å². The van der Waals surface area contributed by atoms with Gasteiger partial charge in [-0.1, -0.05) is 6.92 Å². The Labute approximate surface area is 108 Å². The van der Waals surface area contributed by atoms with Crippen molar-refractivity contribution in [2.45, 2.75) is 53.0 Å². The van der Waals surface area contributed by atoms with Crippen molar-refractivity contribution < 1.29 is 4.74 Å². The zero-order valence-electron chi connectivity index (χ0n) is 12.5. The zero-order chi connectivity index (χ0) is 13.1. The van der Waals surface area contributed by atoms with Gasteiger partial charge in [-0.15, -0.1) is 0 Å². The van der Waals surface area contributed by atoms with E-state index in [4.69, 9.17) is 4.74 Å². The molecule has 0 saturated carbocycles. The maximum atomic E-state index is 5.38. The molecule has 0 aromatic rings. The molecule has 104 valence electrons. The molecule has 17 heavy (non-hydrogen) atoms. The Kier molecular flexibility index (Phi) is 9.79. The minimum absolute atomic E-state index is 0.249. The number of nitrogens with zero attached hydrogens (tertiary/aromatic N) is 1. The van der Waals surface area contributed by atoms with Crippen molar-refractivity contribution in [3.8, 4) is 0 Å². The predicted octanol–water partition coefficient (Wildman–Crippen LogP) is 2.51. The molecule has 0 aromatic heterocycles. The molecule has 0 atom stereocenters. The third-order valence-corrected chi connectivity index (χ3v) is 2.76. The summed E-state index contributed by atoms with van der Waals surface area (Å²) in [6.07, 6.45) is 2.52. The molecule has 0 aliphatic carbocycles. The Balaban J connectivity index is 3.43. The summed E-state index contributed by atoms with van der Waals surface area (Å²) < 4.78 is 5.38. The van der Waals surface area contributed by atoms with E-state index in [1.165, 1.54) is 19.4 Å². The van der Waals surface area contributed by atoms with Gasteiger partial charge in [-0.25, -0.2) is 0 Å². The Bertz CT molecular complexity index is 166. The minimum atomic E-state index is 0.249. The minimum Gasteiger partial charge on any atom is -0.380 e. The molecule has 0 heterocycles. The smallest absolute Gasteiger partial charge is 0.0593 e. The fourth-order valence-corrected chi connectivity index (χ4v) is 1.69. The summed E-state index contributed by atoms with van der Waals surface area (Å²) in [4.78, 5) is 2.47. The average molecular weight is 244 g/mol. The van der Waals surface area contributed by atoms with Crippen LogP contribution < -0.4 is 5.32 Å². The van der Waals surface area contributed by atoms with Gasteiger partial charge in [0.15, 0.2) is 0 Å². The first-order valence-electron chi connectivity index (χ1n) is 7.04. The lowest BCUT2D eigenvalue weighted by Crippen LogP contribution is -2.36. The lowest BCUT2D eigenvalue weighted by Gasteiger charge is -2.22. The summed E-state index contributed by atoms with van der Waals surface area (Å²) in [7, 11) is 0. The molecule has 0 aliphatic rings. The van der Waals surface area contributed by atoms with Crippen LogP contribution in [0.2, 0.25) is 0 Å². The SMILES string of the molecule is CCOCCN(CC)CCCCNC(C)(C)C. The van der Waals surface area contributed by atoms with Gasteiger partial charge in [0.1, 0.15) is 0 Å². The maximum absolute atomic E-state index is 5.38. The van der Waals surface area contributed by atoms with Crippen LogP contribution in [0, 0.1) is 0 Å². The molecule has 0 spiro atoms. The first-order chi connectivity index (χ1) is 7.99. The van der Waals surface area contributed by atoms with Gasteiger partial charge in [0.05, 0.1) is 6.61 Å². The summed E-state index contributed by atoms with van der Waals surface area (Å²) in [5.41, 5.74) is 0.249. The van der Waals surface area contributed by atoms with Crippen molar-refractivity contribution in [3.05, 3.63) is 0 Å². The third kappa shape index (κ3) is 12.1. The van der Waals surface area contributed by atoms with Crippen molar-refractivity contribution in [1.82, 2.24) is 10.2 Å². The van der Waals surface area contributed by atoms with Crippen LogP contribution >= 0.6 is 0 Å². The van der Waals surface area contributed by atoms with Gasteiger partial charge < -0.3 is 15.0 Å². The van der Waals surface area contributed by atoms with Crippen LogP contribution in [0.15, 0.2) is 0 Å². The third-order valence-electron chi connectivity index (χ3n) is 2.76. The highest BCUT2D eigenvalue weighted by atomic mass is 16.5. The molecule has 3 heteroatoms. The molecule has 0 rings (SSSR count). The van der Waals surface area contributed by atoms with E-state index >= 15 is 0 Å². The molecule has 0 bridgehead atoms. The first-order valence-corrected chi connectivity index (χ1v) is 7.04. The van der Waals surface area contributed by atoms with E-state index in [-0.39, 0.29) is 5.54 Å². The predicted molar refractivity (Wildman–Crippen MR) is 75.6 cm³/mol. The molecule has 1 N–H and O–H groups in total. The Hall–Kier alpha value is -0.120. The van der Waals surface area contributed by atoms with E-state index in [9.17, 15) is 0 Å². The van der Waals surface area contributed by atoms with Crippen molar-refractivity contribution in [2.75, 3.05) is 39.4 Å². The molecular weight excluding hydrogens is 212 g/mol. The van der Waals surface area contributed by atoms with Crippen molar-refractivity contribution in [3.63, 3.8) is 0 Å². The molecule has 0 aromatic carbocycles. The molecule has 0 radical (unpaired) electrons. The second-order valence-corrected chi connectivity index (χ2v) is 5.52. The number of likely N-dealkylation sites (N-methyl/N-ethyl adjacent to an activating group) is 1. The molecule has 0 fully saturated rings. The molecule has 0 aliphatic heterocycles. The van der Waals surface area contributed by atoms with Crippen LogP contribution in [0.3, 0.4) is 0 Å². The Morgan fingerprint density at radius 1 is 1.06 bits per heavy atom. The molecule has 0 unspecified atom stereocenters. The number of hydrogen-bond donors (Lipinski definition) is 1. The molecule has 0 amide bonds. The van der Waals surface area contributed by atoms with E-state index in [0.717, 1.165) is 32.8 Å². The van der Waals surface area contributed by atoms with Gasteiger partial charge in [0.25, 0.3) is 0 Å². The van der Waals surface area contributed by atoms with Crippen LogP contribution in [-0.2, 0) is 4.74 Å². The van der Waals surface area contributed by atoms with Crippen molar-refractivity contribution in [1.29, 1.82) is 0 Å². The number of nitrogens with one attached hydrogen (secondary N) is 1. The summed E-state index contributed by atoms with van der Waals surface area (Å²) >= 11 is 0. The van der Waals surface area contributed by atoms with E-state index in [1.54, 1.807) is 0 Å². The molecular formula is C14H32N2O. The summed E-state index contributed by atoms with van der Waals surface area (Å²) in [6, 6.07) is 0. The summed E-state index contributed by atoms with van der Waals surface area (Å²) in [6.45, 7) is 17.1. The van der Waals surface area contributed by atoms with E-state index < -0.39 is 0 Å². The topological polar surface area (TPSA) is 24.5 Å². The Morgan fingerprint density at radius 3 is 2.29 bits per heavy atom. The molecule has 0 saturated heterocycles. The van der Waals surface area contributed by atoms with Crippen LogP contribution in [0.5, 0.6) is 0 Å². The number of hydrogen-bond acceptors (Lipinski definition) is 3. The average Bonchev–Trinajstić information content (AvgIpc) is 2.25. The van der Waals surface area contributed by atoms with Gasteiger partial charge >= 0.3 is 0 Å². The monoisotopic (exact) mass is 244 g/mol. The summed E-state index contributed by atoms with van der Waals surface area (Å²) in [5.74, 6) is 0. The zero-order valence-corrected chi connectivity index (χ0v) is 12.5. The van der Waals surface area contributed by atoms with Crippen LogP contribution in [-0.4, -0.2) is 49.8 Å². The lowest BCUT2D eigenvalue weighted by molar-refractivity contribution is 0.114. The van der Waals surface area contributed by atoms with Crippen molar-refractivity contribution in [2.24, 2.45) is 0 Å². The van der Waals surface area contributed by atoms with Gasteiger partial charge in [-0.3, -0.25) is 0 Å². The normalized spacial score (nSPS) is 12.4. The van der Waals surface area contributed by atoms with Crippen LogP contribution in [0.1, 0.15) is 47.5 Å². The highest BCUT2D eigenvalue weighted by Crippen LogP contribution is 2.00. The standard InChI is InChI=1S/C14H32N2O/c1-6-16(12-13-17-7-2)11-9-8-10-15-14(3,4)5/h15H,6-13H2,1-5H3. The second kappa shape index (κ2) is 9.86. The Morgan fingerprint density at radius 2 is 1.76 bits per heavy atom. The molecule has 3 nitrogen and oxygen atoms in total. The number of unbranched alkanes of at least 4 members (excludes halogenated alkanes) is 1. The second-order valence-electron chi connectivity index (χ2n) is 5.52. The quantitative estimate of drug-likeness (QED) is 0.598. The summed E-state index contributed by atoms with van der Waals surface area (Å²) in [5, 5.41) is 3.52. The highest BCUT2D eigenvalue weighted by molar-refractivity contribution is 4.69. The fourth-order valence-electron chi connectivity index (χ4n) is 1.69. The van der Waals surface area contributed by atoms with E-state index in [0.29, 0.717) is 0 Å². The van der Waals surface area contributed by atoms with Crippen molar-refractivity contribution >= 4 is 0 Å². The van der Waals surface area contributed by atoms with E-state index in [2.05, 4.69) is 44.8 Å². The first kappa shape index (κ1) is 16.9. The van der Waals surface area contributed by atoms with Gasteiger partial charge in [-0.05, 0) is 60.2 Å². The largest absolute Gasteiger partial charge is 0.380 e. The van der Waals surface area contributed by atoms with Crippen LogP contribution in [0.25, 0.3) is 0 Å². The van der Waals surface area contributed by atoms with Gasteiger partial charge in [0.2, 0.25) is 0 Å². The van der Waals surface area contributed by atoms with Crippen LogP contribution in [0.4, 0.5) is 0 Å².